The fourth-order valence-electron chi connectivity index (χ4n) is 4.52. The lowest BCUT2D eigenvalue weighted by atomic mass is 9.99. The Morgan fingerprint density at radius 3 is 2.80 bits per heavy atom. The molecule has 178 valence electrons. The number of nitriles is 1. The zero-order valence-electron chi connectivity index (χ0n) is 19.7. The maximum atomic E-state index is 14.9. The molecule has 4 aromatic rings. The van der Waals surface area contributed by atoms with E-state index in [2.05, 4.69) is 21.4 Å². The van der Waals surface area contributed by atoms with Crippen molar-refractivity contribution in [1.82, 2.24) is 19.3 Å². The molecule has 0 aliphatic carbocycles. The quantitative estimate of drug-likeness (QED) is 0.445. The van der Waals surface area contributed by atoms with Gasteiger partial charge in [-0.1, -0.05) is 6.07 Å². The summed E-state index contributed by atoms with van der Waals surface area (Å²) < 4.78 is 36.7. The number of nitrogens with zero attached hydrogens (tertiary/aromatic N) is 5. The first kappa shape index (κ1) is 22.7. The molecule has 0 bridgehead atoms. The third-order valence-electron chi connectivity index (χ3n) is 6.14. The molecule has 5 rings (SSSR count). The van der Waals surface area contributed by atoms with Gasteiger partial charge < -0.3 is 15.0 Å². The average molecular weight is 475 g/mol. The summed E-state index contributed by atoms with van der Waals surface area (Å²) in [5.41, 5.74) is 4.75. The van der Waals surface area contributed by atoms with Crippen LogP contribution in [0.25, 0.3) is 16.8 Å². The van der Waals surface area contributed by atoms with Crippen LogP contribution < -0.4 is 10.1 Å². The van der Waals surface area contributed by atoms with Crippen molar-refractivity contribution in [2.75, 3.05) is 26.0 Å². The number of hydrogen-bond acceptors (Lipinski definition) is 6. The number of benzene rings is 2. The summed E-state index contributed by atoms with van der Waals surface area (Å²) in [6.45, 7) is 3.10. The number of imidazole rings is 1. The maximum Gasteiger partial charge on any atom is 0.208 e. The predicted molar refractivity (Wildman–Crippen MR) is 128 cm³/mol. The number of hydrogen-bond donors (Lipinski definition) is 1. The van der Waals surface area contributed by atoms with E-state index >= 15 is 0 Å². The zero-order valence-corrected chi connectivity index (χ0v) is 19.7. The second kappa shape index (κ2) is 8.96. The molecule has 2 aromatic heterocycles. The molecule has 0 atom stereocenters. The Labute approximate surface area is 201 Å². The summed E-state index contributed by atoms with van der Waals surface area (Å²) in [6, 6.07) is 8.41. The Kier molecular flexibility index (Phi) is 5.83. The molecule has 2 aromatic carbocycles. The van der Waals surface area contributed by atoms with Gasteiger partial charge in [-0.25, -0.2) is 18.7 Å². The van der Waals surface area contributed by atoms with Gasteiger partial charge >= 0.3 is 0 Å². The molecule has 0 spiro atoms. The summed E-state index contributed by atoms with van der Waals surface area (Å²) >= 11 is 0. The van der Waals surface area contributed by atoms with Crippen molar-refractivity contribution in [2.45, 2.75) is 26.4 Å². The predicted octanol–water partition coefficient (Wildman–Crippen LogP) is 4.46. The second-order valence-electron chi connectivity index (χ2n) is 8.88. The van der Waals surface area contributed by atoms with Gasteiger partial charge in [0.15, 0.2) is 11.3 Å². The molecule has 0 fully saturated rings. The molecule has 1 aliphatic rings. The minimum absolute atomic E-state index is 0.187. The highest BCUT2D eigenvalue weighted by Crippen LogP contribution is 2.32. The molecule has 0 unspecified atom stereocenters. The highest BCUT2D eigenvalue weighted by atomic mass is 19.1. The highest BCUT2D eigenvalue weighted by Gasteiger charge is 2.21. The third kappa shape index (κ3) is 4.17. The van der Waals surface area contributed by atoms with E-state index in [1.54, 1.807) is 22.9 Å². The highest BCUT2D eigenvalue weighted by molar-refractivity contribution is 5.80. The normalized spacial score (nSPS) is 12.6. The van der Waals surface area contributed by atoms with Crippen LogP contribution >= 0.6 is 0 Å². The Balaban J connectivity index is 1.54. The monoisotopic (exact) mass is 474 g/mol. The van der Waals surface area contributed by atoms with Gasteiger partial charge in [-0.3, -0.25) is 4.40 Å². The minimum Gasteiger partial charge on any atom is -0.493 e. The van der Waals surface area contributed by atoms with Crippen molar-refractivity contribution in [1.29, 1.82) is 5.26 Å². The lowest BCUT2D eigenvalue weighted by Crippen LogP contribution is -2.12. The van der Waals surface area contributed by atoms with Crippen molar-refractivity contribution in [3.05, 3.63) is 76.2 Å². The first-order valence-corrected chi connectivity index (χ1v) is 11.2. The van der Waals surface area contributed by atoms with E-state index in [0.29, 0.717) is 59.2 Å². The van der Waals surface area contributed by atoms with Gasteiger partial charge in [0.25, 0.3) is 0 Å². The largest absolute Gasteiger partial charge is 0.493 e. The number of fused-ring (bicyclic) bond motifs is 2. The van der Waals surface area contributed by atoms with Crippen LogP contribution in [0, 0.1) is 29.9 Å². The van der Waals surface area contributed by atoms with E-state index in [-0.39, 0.29) is 23.9 Å². The molecule has 7 nitrogen and oxygen atoms in total. The van der Waals surface area contributed by atoms with Crippen molar-refractivity contribution in [3.8, 4) is 22.9 Å². The fourth-order valence-corrected chi connectivity index (χ4v) is 4.52. The summed E-state index contributed by atoms with van der Waals surface area (Å²) in [5, 5.41) is 12.6. The minimum atomic E-state index is -0.318. The summed E-state index contributed by atoms with van der Waals surface area (Å²) in [4.78, 5) is 10.9. The van der Waals surface area contributed by atoms with Crippen LogP contribution in [0.3, 0.4) is 0 Å². The standard InChI is InChI=1S/C26H24F2N6O/c1-15-8-16(13-33(2)3)23(28)9-19(15)21-12-31-26(34-14-17(10-29)32-25(21)34)30-11-20-18-6-7-35-24(18)5-4-22(20)27/h4-5,8-9,12,14H,6-7,11,13H2,1-3H3,(H,30,31). The number of aryl methyl sites for hydroxylation is 1. The summed E-state index contributed by atoms with van der Waals surface area (Å²) in [5.74, 6) is 0.460. The van der Waals surface area contributed by atoms with E-state index in [0.717, 1.165) is 11.1 Å². The first-order chi connectivity index (χ1) is 16.9. The van der Waals surface area contributed by atoms with Crippen molar-refractivity contribution >= 4 is 11.6 Å². The van der Waals surface area contributed by atoms with Gasteiger partial charge in [-0.2, -0.15) is 5.26 Å². The molecule has 1 aliphatic heterocycles. The number of anilines is 1. The molecule has 1 N–H and O–H groups in total. The van der Waals surface area contributed by atoms with E-state index in [4.69, 9.17) is 4.74 Å². The van der Waals surface area contributed by atoms with Crippen LogP contribution in [-0.2, 0) is 19.5 Å². The fraction of sp³-hybridized carbons (Fsp3) is 0.269. The van der Waals surface area contributed by atoms with Crippen LogP contribution in [0.5, 0.6) is 5.75 Å². The molecule has 0 amide bonds. The van der Waals surface area contributed by atoms with Crippen LogP contribution in [0.2, 0.25) is 0 Å². The summed E-state index contributed by atoms with van der Waals surface area (Å²) in [7, 11) is 3.77. The zero-order chi connectivity index (χ0) is 24.7. The van der Waals surface area contributed by atoms with Crippen LogP contribution in [0.15, 0.2) is 36.7 Å². The van der Waals surface area contributed by atoms with Gasteiger partial charge in [0.05, 0.1) is 12.8 Å². The first-order valence-electron chi connectivity index (χ1n) is 11.2. The molecular formula is C26H24F2N6O. The molecular weight excluding hydrogens is 450 g/mol. The van der Waals surface area contributed by atoms with Crippen LogP contribution in [0.1, 0.15) is 27.9 Å². The topological polar surface area (TPSA) is 78.5 Å². The SMILES string of the molecule is Cc1cc(CN(C)C)c(F)cc1-c1cnc(NCc2c(F)ccc3c2CCO3)n2cc(C#N)nc12. The van der Waals surface area contributed by atoms with Crippen molar-refractivity contribution < 1.29 is 13.5 Å². The third-order valence-corrected chi connectivity index (χ3v) is 6.14. The van der Waals surface area contributed by atoms with Crippen molar-refractivity contribution in [2.24, 2.45) is 0 Å². The van der Waals surface area contributed by atoms with Gasteiger partial charge in [-0.05, 0) is 50.3 Å². The smallest absolute Gasteiger partial charge is 0.208 e. The molecule has 9 heteroatoms. The number of ether oxygens (including phenoxy) is 1. The van der Waals surface area contributed by atoms with Crippen molar-refractivity contribution in [3.63, 3.8) is 0 Å². The Morgan fingerprint density at radius 1 is 1.20 bits per heavy atom. The second-order valence-corrected chi connectivity index (χ2v) is 8.88. The number of nitrogens with one attached hydrogen (secondary N) is 1. The molecule has 0 saturated carbocycles. The van der Waals surface area contributed by atoms with Gasteiger partial charge in [0, 0.05) is 48.0 Å². The summed E-state index contributed by atoms with van der Waals surface area (Å²) in [6.07, 6.45) is 3.81. The molecule has 35 heavy (non-hydrogen) atoms. The van der Waals surface area contributed by atoms with E-state index in [1.165, 1.54) is 12.1 Å². The van der Waals surface area contributed by atoms with E-state index in [9.17, 15) is 14.0 Å². The average Bonchev–Trinajstić information content (AvgIpc) is 3.47. The molecule has 3 heterocycles. The maximum absolute atomic E-state index is 14.9. The number of aromatic nitrogens is 3. The number of rotatable bonds is 6. The van der Waals surface area contributed by atoms with Gasteiger partial charge in [-0.15, -0.1) is 0 Å². The van der Waals surface area contributed by atoms with Gasteiger partial charge in [0.1, 0.15) is 23.5 Å². The van der Waals surface area contributed by atoms with Crippen LogP contribution in [-0.4, -0.2) is 40.0 Å². The van der Waals surface area contributed by atoms with Gasteiger partial charge in [0.2, 0.25) is 5.95 Å². The lowest BCUT2D eigenvalue weighted by Gasteiger charge is -2.16. The van der Waals surface area contributed by atoms with E-state index < -0.39 is 0 Å². The number of halogens is 2. The molecule has 0 saturated heterocycles. The Bertz CT molecular complexity index is 1490. The Morgan fingerprint density at radius 2 is 2.03 bits per heavy atom. The molecule has 0 radical (unpaired) electrons. The van der Waals surface area contributed by atoms with E-state index in [1.807, 2.05) is 32.0 Å². The Hall–Kier alpha value is -4.03. The van der Waals surface area contributed by atoms with Crippen LogP contribution in [0.4, 0.5) is 14.7 Å². The lowest BCUT2D eigenvalue weighted by molar-refractivity contribution is 0.356.